The van der Waals surface area contributed by atoms with Gasteiger partial charge >= 0.3 is 6.18 Å². The first-order chi connectivity index (χ1) is 12.3. The predicted molar refractivity (Wildman–Crippen MR) is 96.4 cm³/mol. The van der Waals surface area contributed by atoms with E-state index in [4.69, 9.17) is 17.3 Å². The number of aromatic nitrogens is 1. The first kappa shape index (κ1) is 18.2. The van der Waals surface area contributed by atoms with E-state index in [-0.39, 0.29) is 21.4 Å². The zero-order valence-electron chi connectivity index (χ0n) is 13.0. The molecule has 0 atom stereocenters. The Morgan fingerprint density at radius 1 is 1.15 bits per heavy atom. The van der Waals surface area contributed by atoms with E-state index in [0.717, 1.165) is 23.5 Å². The van der Waals surface area contributed by atoms with E-state index < -0.39 is 17.6 Å². The minimum Gasteiger partial charge on any atom is -0.375 e. The van der Waals surface area contributed by atoms with Gasteiger partial charge in [0.25, 0.3) is 5.91 Å². The van der Waals surface area contributed by atoms with Crippen molar-refractivity contribution in [1.29, 1.82) is 0 Å². The highest BCUT2D eigenvalue weighted by molar-refractivity contribution is 7.17. The zero-order valence-corrected chi connectivity index (χ0v) is 14.5. The number of nitrogens with one attached hydrogen (secondary N) is 1. The van der Waals surface area contributed by atoms with E-state index in [1.165, 1.54) is 12.1 Å². The van der Waals surface area contributed by atoms with E-state index in [1.807, 2.05) is 0 Å². The molecule has 0 saturated heterocycles. The molecule has 3 aromatic rings. The average molecular weight is 398 g/mol. The van der Waals surface area contributed by atoms with Crippen molar-refractivity contribution in [1.82, 2.24) is 4.98 Å². The molecule has 2 aromatic carbocycles. The second-order valence-electron chi connectivity index (χ2n) is 5.24. The van der Waals surface area contributed by atoms with Crippen molar-refractivity contribution in [3.63, 3.8) is 0 Å². The summed E-state index contributed by atoms with van der Waals surface area (Å²) in [6.45, 7) is 0. The second kappa shape index (κ2) is 6.97. The van der Waals surface area contributed by atoms with Gasteiger partial charge in [-0.1, -0.05) is 47.2 Å². The first-order valence-corrected chi connectivity index (χ1v) is 8.45. The number of nitrogens with zero attached hydrogens (tertiary/aromatic N) is 1. The number of carbonyl (C=O) groups is 1. The van der Waals surface area contributed by atoms with Crippen LogP contribution >= 0.6 is 22.9 Å². The molecule has 0 unspecified atom stereocenters. The van der Waals surface area contributed by atoms with Crippen molar-refractivity contribution in [3.05, 3.63) is 64.0 Å². The lowest BCUT2D eigenvalue weighted by atomic mass is 10.1. The van der Waals surface area contributed by atoms with Gasteiger partial charge in [-0.3, -0.25) is 4.79 Å². The molecule has 0 radical (unpaired) electrons. The van der Waals surface area contributed by atoms with Crippen molar-refractivity contribution >= 4 is 39.7 Å². The highest BCUT2D eigenvalue weighted by Crippen LogP contribution is 2.35. The molecule has 1 heterocycles. The fourth-order valence-electron chi connectivity index (χ4n) is 2.29. The molecule has 0 fully saturated rings. The van der Waals surface area contributed by atoms with Crippen LogP contribution in [-0.4, -0.2) is 10.9 Å². The van der Waals surface area contributed by atoms with Gasteiger partial charge in [-0.2, -0.15) is 13.2 Å². The Labute approximate surface area is 155 Å². The molecule has 9 heteroatoms. The summed E-state index contributed by atoms with van der Waals surface area (Å²) in [4.78, 5) is 16.9. The molecule has 0 aliphatic rings. The van der Waals surface area contributed by atoms with Crippen LogP contribution < -0.4 is 11.1 Å². The molecule has 0 aliphatic heterocycles. The van der Waals surface area contributed by atoms with Gasteiger partial charge in [0.15, 0.2) is 5.13 Å². The van der Waals surface area contributed by atoms with Gasteiger partial charge < -0.3 is 11.1 Å². The molecule has 0 saturated carbocycles. The molecule has 0 bridgehead atoms. The number of nitrogens with two attached hydrogens (primary N) is 1. The predicted octanol–water partition coefficient (Wildman–Crippen LogP) is 5.32. The fraction of sp³-hybridized carbons (Fsp3) is 0.0588. The van der Waals surface area contributed by atoms with Crippen molar-refractivity contribution in [2.75, 3.05) is 11.1 Å². The summed E-state index contributed by atoms with van der Waals surface area (Å²) >= 11 is 7.07. The van der Waals surface area contributed by atoms with Crippen molar-refractivity contribution < 1.29 is 18.0 Å². The maximum absolute atomic E-state index is 12.8. The number of amides is 1. The lowest BCUT2D eigenvalue weighted by Crippen LogP contribution is -2.13. The second-order valence-corrected chi connectivity index (χ2v) is 6.68. The summed E-state index contributed by atoms with van der Waals surface area (Å²) in [7, 11) is 0. The van der Waals surface area contributed by atoms with Crippen LogP contribution in [0.4, 0.5) is 24.0 Å². The van der Waals surface area contributed by atoms with Gasteiger partial charge in [0, 0.05) is 11.3 Å². The van der Waals surface area contributed by atoms with Crippen molar-refractivity contribution in [2.45, 2.75) is 6.18 Å². The van der Waals surface area contributed by atoms with Crippen LogP contribution in [0.25, 0.3) is 11.3 Å². The van der Waals surface area contributed by atoms with Gasteiger partial charge in [-0.15, -0.1) is 0 Å². The molecule has 1 aromatic heterocycles. The third kappa shape index (κ3) is 3.81. The summed E-state index contributed by atoms with van der Waals surface area (Å²) in [5.74, 6) is -0.617. The van der Waals surface area contributed by atoms with Crippen LogP contribution in [0, 0.1) is 0 Å². The third-order valence-electron chi connectivity index (χ3n) is 3.43. The lowest BCUT2D eigenvalue weighted by Gasteiger charge is -2.10. The summed E-state index contributed by atoms with van der Waals surface area (Å²) in [6.07, 6.45) is -4.50. The Morgan fingerprint density at radius 2 is 1.88 bits per heavy atom. The highest BCUT2D eigenvalue weighted by atomic mass is 35.5. The lowest BCUT2D eigenvalue weighted by molar-refractivity contribution is -0.137. The number of benzene rings is 2. The summed E-state index contributed by atoms with van der Waals surface area (Å²) in [5, 5.41) is 2.97. The van der Waals surface area contributed by atoms with Crippen LogP contribution in [0.1, 0.15) is 15.2 Å². The number of alkyl halides is 3. The Bertz CT molecular complexity index is 972. The molecule has 4 nitrogen and oxygen atoms in total. The number of halogens is 4. The largest absolute Gasteiger partial charge is 0.416 e. The SMILES string of the molecule is Nc1nc(-c2ccccc2Cl)c(C(=O)Nc2cccc(C(F)(F)F)c2)s1. The van der Waals surface area contributed by atoms with E-state index in [9.17, 15) is 18.0 Å². The molecule has 3 rings (SSSR count). The number of anilines is 2. The van der Waals surface area contributed by atoms with Gasteiger partial charge in [0.1, 0.15) is 4.88 Å². The number of nitrogen functional groups attached to an aromatic ring is 1. The van der Waals surface area contributed by atoms with Crippen molar-refractivity contribution in [2.24, 2.45) is 0 Å². The van der Waals surface area contributed by atoms with E-state index in [2.05, 4.69) is 10.3 Å². The number of carbonyl (C=O) groups excluding carboxylic acids is 1. The normalized spacial score (nSPS) is 11.4. The average Bonchev–Trinajstić information content (AvgIpc) is 2.96. The Morgan fingerprint density at radius 3 is 2.58 bits per heavy atom. The molecular weight excluding hydrogens is 387 g/mol. The zero-order chi connectivity index (χ0) is 18.9. The molecule has 0 spiro atoms. The number of hydrogen-bond acceptors (Lipinski definition) is 4. The van der Waals surface area contributed by atoms with Crippen LogP contribution in [0.5, 0.6) is 0 Å². The van der Waals surface area contributed by atoms with Gasteiger partial charge in [-0.25, -0.2) is 4.98 Å². The monoisotopic (exact) mass is 397 g/mol. The maximum Gasteiger partial charge on any atom is 0.416 e. The minimum absolute atomic E-state index is 0.0157. The van der Waals surface area contributed by atoms with Gasteiger partial charge in [-0.05, 0) is 24.3 Å². The molecule has 134 valence electrons. The Hall–Kier alpha value is -2.58. The first-order valence-electron chi connectivity index (χ1n) is 7.25. The molecular formula is C17H11ClF3N3OS. The topological polar surface area (TPSA) is 68.0 Å². The fourth-order valence-corrected chi connectivity index (χ4v) is 3.25. The van der Waals surface area contributed by atoms with Gasteiger partial charge in [0.05, 0.1) is 16.3 Å². The van der Waals surface area contributed by atoms with Crippen molar-refractivity contribution in [3.8, 4) is 11.3 Å². The van der Waals surface area contributed by atoms with E-state index in [0.29, 0.717) is 10.6 Å². The van der Waals surface area contributed by atoms with Gasteiger partial charge in [0.2, 0.25) is 0 Å². The standard InChI is InChI=1S/C17H11ClF3N3OS/c18-12-7-2-1-6-11(12)13-14(26-16(22)24-13)15(25)23-10-5-3-4-9(8-10)17(19,20)21/h1-8H,(H2,22,24)(H,23,25). The molecule has 3 N–H and O–H groups in total. The maximum atomic E-state index is 12.8. The highest BCUT2D eigenvalue weighted by Gasteiger charge is 2.30. The Kier molecular flexibility index (Phi) is 4.88. The van der Waals surface area contributed by atoms with Crippen LogP contribution in [0.15, 0.2) is 48.5 Å². The summed E-state index contributed by atoms with van der Waals surface area (Å²) in [5.41, 5.74) is 5.66. The third-order valence-corrected chi connectivity index (χ3v) is 4.64. The molecule has 0 aliphatic carbocycles. The number of rotatable bonds is 3. The summed E-state index contributed by atoms with van der Waals surface area (Å²) in [6, 6.07) is 11.1. The number of thiazole rings is 1. The smallest absolute Gasteiger partial charge is 0.375 e. The van der Waals surface area contributed by atoms with Crippen LogP contribution in [-0.2, 0) is 6.18 Å². The number of hydrogen-bond donors (Lipinski definition) is 2. The van der Waals surface area contributed by atoms with Crippen LogP contribution in [0.3, 0.4) is 0 Å². The van der Waals surface area contributed by atoms with E-state index >= 15 is 0 Å². The quantitative estimate of drug-likeness (QED) is 0.628. The summed E-state index contributed by atoms with van der Waals surface area (Å²) < 4.78 is 38.4. The Balaban J connectivity index is 1.94. The minimum atomic E-state index is -4.50. The molecule has 26 heavy (non-hydrogen) atoms. The van der Waals surface area contributed by atoms with E-state index in [1.54, 1.807) is 24.3 Å². The molecule has 1 amide bonds. The van der Waals surface area contributed by atoms with Crippen LogP contribution in [0.2, 0.25) is 5.02 Å².